The van der Waals surface area contributed by atoms with Crippen LogP contribution in [0.1, 0.15) is 21.6 Å². The van der Waals surface area contributed by atoms with E-state index < -0.39 is 17.6 Å². The van der Waals surface area contributed by atoms with Gasteiger partial charge in [0, 0.05) is 17.6 Å². The van der Waals surface area contributed by atoms with Crippen molar-refractivity contribution in [1.29, 1.82) is 0 Å². The van der Waals surface area contributed by atoms with Gasteiger partial charge in [0.05, 0.1) is 21.5 Å². The Labute approximate surface area is 138 Å². The number of aromatic amines is 1. The van der Waals surface area contributed by atoms with E-state index in [-0.39, 0.29) is 16.3 Å². The number of nitrogens with zero attached hydrogens (tertiary/aromatic N) is 2. The summed E-state index contributed by atoms with van der Waals surface area (Å²) in [7, 11) is 0. The molecule has 0 atom stereocenters. The number of carbonyl (C=O) groups is 1. The molecule has 0 aliphatic heterocycles. The lowest BCUT2D eigenvalue weighted by molar-refractivity contribution is -0.137. The summed E-state index contributed by atoms with van der Waals surface area (Å²) in [4.78, 5) is 16.3. The summed E-state index contributed by atoms with van der Waals surface area (Å²) >= 11 is 6.22. The number of anilines is 1. The van der Waals surface area contributed by atoms with Crippen molar-refractivity contribution in [1.82, 2.24) is 15.2 Å². The van der Waals surface area contributed by atoms with Gasteiger partial charge in [-0.15, -0.1) is 0 Å². The molecule has 2 aromatic heterocycles. The maximum absolute atomic E-state index is 12.5. The number of fused-ring (bicyclic) bond motifs is 1. The van der Waals surface area contributed by atoms with Crippen LogP contribution in [0.25, 0.3) is 11.0 Å². The molecule has 9 heteroatoms. The third-order valence-electron chi connectivity index (χ3n) is 3.41. The molecule has 24 heavy (non-hydrogen) atoms. The highest BCUT2D eigenvalue weighted by atomic mass is 35.5. The summed E-state index contributed by atoms with van der Waals surface area (Å²) in [6.45, 7) is 1.74. The van der Waals surface area contributed by atoms with Crippen LogP contribution >= 0.6 is 11.6 Å². The number of rotatable bonds is 2. The minimum atomic E-state index is -4.43. The normalized spacial score (nSPS) is 11.7. The quantitative estimate of drug-likeness (QED) is 0.725. The molecule has 3 aromatic rings. The fraction of sp³-hybridized carbons (Fsp3) is 0.133. The molecule has 1 amide bonds. The van der Waals surface area contributed by atoms with E-state index in [4.69, 9.17) is 11.6 Å². The monoisotopic (exact) mass is 354 g/mol. The maximum Gasteiger partial charge on any atom is 0.416 e. The summed E-state index contributed by atoms with van der Waals surface area (Å²) in [5.41, 5.74) is 0.563. The minimum absolute atomic E-state index is 0.105. The van der Waals surface area contributed by atoms with Crippen molar-refractivity contribution in [3.63, 3.8) is 0 Å². The van der Waals surface area contributed by atoms with E-state index in [0.29, 0.717) is 16.7 Å². The second-order valence-corrected chi connectivity index (χ2v) is 5.44. The number of halogens is 4. The molecule has 2 heterocycles. The zero-order valence-corrected chi connectivity index (χ0v) is 13.0. The number of nitrogens with one attached hydrogen (secondary N) is 2. The van der Waals surface area contributed by atoms with Gasteiger partial charge in [-0.1, -0.05) is 11.6 Å². The van der Waals surface area contributed by atoms with Crippen LogP contribution in [0.2, 0.25) is 5.02 Å². The van der Waals surface area contributed by atoms with Crippen molar-refractivity contribution in [2.24, 2.45) is 0 Å². The number of H-pyrrole nitrogens is 1. The standard InChI is InChI=1S/C15H10ClF3N4O/c1-7-11-12(16)10(6-20-13(11)23-22-7)14(24)21-9-4-2-8(3-5-9)15(17,18)19/h2-6H,1H3,(H,21,24)(H,20,22,23). The Morgan fingerprint density at radius 2 is 1.92 bits per heavy atom. The molecule has 5 nitrogen and oxygen atoms in total. The van der Waals surface area contributed by atoms with Gasteiger partial charge in [0.1, 0.15) is 0 Å². The van der Waals surface area contributed by atoms with E-state index in [9.17, 15) is 18.0 Å². The molecular weight excluding hydrogens is 345 g/mol. The van der Waals surface area contributed by atoms with Crippen LogP contribution in [-0.4, -0.2) is 21.1 Å². The molecule has 1 aromatic carbocycles. The number of benzene rings is 1. The molecule has 0 bridgehead atoms. The first-order valence-electron chi connectivity index (χ1n) is 6.75. The third-order valence-corrected chi connectivity index (χ3v) is 3.81. The van der Waals surface area contributed by atoms with E-state index in [0.717, 1.165) is 12.1 Å². The Hall–Kier alpha value is -2.61. The summed E-state index contributed by atoms with van der Waals surface area (Å²) in [6.07, 6.45) is -3.16. The lowest BCUT2D eigenvalue weighted by atomic mass is 10.1. The predicted molar refractivity (Wildman–Crippen MR) is 83.0 cm³/mol. The summed E-state index contributed by atoms with van der Waals surface area (Å²) in [6, 6.07) is 4.12. The Morgan fingerprint density at radius 1 is 1.25 bits per heavy atom. The zero-order chi connectivity index (χ0) is 17.5. The van der Waals surface area contributed by atoms with Crippen LogP contribution in [-0.2, 0) is 6.18 Å². The van der Waals surface area contributed by atoms with Crippen LogP contribution in [0, 0.1) is 6.92 Å². The van der Waals surface area contributed by atoms with Gasteiger partial charge in [0.2, 0.25) is 0 Å². The summed E-state index contributed by atoms with van der Waals surface area (Å²) in [5.74, 6) is -0.574. The Bertz CT molecular complexity index is 919. The molecule has 0 aliphatic rings. The molecule has 3 rings (SSSR count). The molecule has 124 valence electrons. The van der Waals surface area contributed by atoms with Crippen LogP contribution in [0.3, 0.4) is 0 Å². The SMILES string of the molecule is Cc1[nH]nc2ncc(C(=O)Nc3ccc(C(F)(F)F)cc3)c(Cl)c12. The number of aromatic nitrogens is 3. The van der Waals surface area contributed by atoms with Crippen molar-refractivity contribution >= 4 is 34.2 Å². The molecule has 0 spiro atoms. The molecule has 0 aliphatic carbocycles. The number of alkyl halides is 3. The van der Waals surface area contributed by atoms with Gasteiger partial charge in [-0.3, -0.25) is 9.89 Å². The van der Waals surface area contributed by atoms with Crippen molar-refractivity contribution in [2.75, 3.05) is 5.32 Å². The first-order chi connectivity index (χ1) is 11.3. The zero-order valence-electron chi connectivity index (χ0n) is 12.2. The molecule has 0 unspecified atom stereocenters. The second kappa shape index (κ2) is 5.79. The van der Waals surface area contributed by atoms with E-state index in [2.05, 4.69) is 20.5 Å². The smallest absolute Gasteiger partial charge is 0.322 e. The van der Waals surface area contributed by atoms with Gasteiger partial charge in [-0.2, -0.15) is 18.3 Å². The van der Waals surface area contributed by atoms with Gasteiger partial charge >= 0.3 is 6.18 Å². The van der Waals surface area contributed by atoms with Crippen molar-refractivity contribution in [3.05, 3.63) is 52.3 Å². The van der Waals surface area contributed by atoms with Crippen LogP contribution in [0.4, 0.5) is 18.9 Å². The molecule has 0 fully saturated rings. The topological polar surface area (TPSA) is 70.7 Å². The maximum atomic E-state index is 12.5. The number of amides is 1. The van der Waals surface area contributed by atoms with Crippen LogP contribution in [0.5, 0.6) is 0 Å². The van der Waals surface area contributed by atoms with Gasteiger partial charge in [0.25, 0.3) is 5.91 Å². The highest BCUT2D eigenvalue weighted by Crippen LogP contribution is 2.30. The Kier molecular flexibility index (Phi) is 3.92. The van der Waals surface area contributed by atoms with Gasteiger partial charge in [-0.25, -0.2) is 4.98 Å². The van der Waals surface area contributed by atoms with E-state index >= 15 is 0 Å². The molecule has 0 saturated heterocycles. The van der Waals surface area contributed by atoms with E-state index in [1.807, 2.05) is 0 Å². The fourth-order valence-corrected chi connectivity index (χ4v) is 2.55. The molecule has 2 N–H and O–H groups in total. The summed E-state index contributed by atoms with van der Waals surface area (Å²) < 4.78 is 37.6. The van der Waals surface area contributed by atoms with Gasteiger partial charge in [-0.05, 0) is 31.2 Å². The molecular formula is C15H10ClF3N4O. The van der Waals surface area contributed by atoms with Crippen molar-refractivity contribution in [3.8, 4) is 0 Å². The number of pyridine rings is 1. The van der Waals surface area contributed by atoms with Gasteiger partial charge in [0.15, 0.2) is 5.65 Å². The average Bonchev–Trinajstić information content (AvgIpc) is 2.89. The highest BCUT2D eigenvalue weighted by molar-refractivity contribution is 6.39. The number of aryl methyl sites for hydroxylation is 1. The average molecular weight is 355 g/mol. The minimum Gasteiger partial charge on any atom is -0.322 e. The van der Waals surface area contributed by atoms with Crippen LogP contribution < -0.4 is 5.32 Å². The van der Waals surface area contributed by atoms with Crippen molar-refractivity contribution in [2.45, 2.75) is 13.1 Å². The van der Waals surface area contributed by atoms with Gasteiger partial charge < -0.3 is 5.32 Å². The number of hydrogen-bond donors (Lipinski definition) is 2. The highest BCUT2D eigenvalue weighted by Gasteiger charge is 2.30. The second-order valence-electron chi connectivity index (χ2n) is 5.06. The Morgan fingerprint density at radius 3 is 2.54 bits per heavy atom. The lowest BCUT2D eigenvalue weighted by Gasteiger charge is -2.09. The van der Waals surface area contributed by atoms with Crippen LogP contribution in [0.15, 0.2) is 30.5 Å². The van der Waals surface area contributed by atoms with E-state index in [1.54, 1.807) is 6.92 Å². The predicted octanol–water partition coefficient (Wildman–Crippen LogP) is 4.19. The largest absolute Gasteiger partial charge is 0.416 e. The summed E-state index contributed by atoms with van der Waals surface area (Å²) in [5, 5.41) is 9.85. The first kappa shape index (κ1) is 16.3. The fourth-order valence-electron chi connectivity index (χ4n) is 2.19. The molecule has 0 saturated carbocycles. The number of carbonyl (C=O) groups excluding carboxylic acids is 1. The first-order valence-corrected chi connectivity index (χ1v) is 7.13. The lowest BCUT2D eigenvalue weighted by Crippen LogP contribution is -2.13. The number of hydrogen-bond acceptors (Lipinski definition) is 3. The Balaban J connectivity index is 1.87. The van der Waals surface area contributed by atoms with E-state index in [1.165, 1.54) is 18.3 Å². The third kappa shape index (κ3) is 2.92. The molecule has 0 radical (unpaired) electrons. The van der Waals surface area contributed by atoms with Crippen molar-refractivity contribution < 1.29 is 18.0 Å².